The summed E-state index contributed by atoms with van der Waals surface area (Å²) < 4.78 is 18.6. The normalized spacial score (nSPS) is 16.7. The highest BCUT2D eigenvalue weighted by Gasteiger charge is 2.33. The average molecular weight is 490 g/mol. The molecule has 2 atom stereocenters. The zero-order chi connectivity index (χ0) is 24.9. The van der Waals surface area contributed by atoms with Gasteiger partial charge in [-0.05, 0) is 56.2 Å². The number of nitrogens with two attached hydrogens (primary N) is 1. The van der Waals surface area contributed by atoms with E-state index in [2.05, 4.69) is 4.90 Å². The monoisotopic (exact) mass is 489 g/mol. The Hall–Kier alpha value is -2.48. The molecule has 1 amide bonds. The zero-order valence-corrected chi connectivity index (χ0v) is 20.7. The van der Waals surface area contributed by atoms with Gasteiger partial charge < -0.3 is 15.4 Å². The van der Waals surface area contributed by atoms with Gasteiger partial charge in [-0.2, -0.15) is 0 Å². The number of carbonyl (C=O) groups is 2. The fraction of sp³-hybridized carbons (Fsp3) is 0.462. The van der Waals surface area contributed by atoms with Crippen molar-refractivity contribution in [2.24, 2.45) is 5.73 Å². The van der Waals surface area contributed by atoms with Crippen LogP contribution in [-0.2, 0) is 20.9 Å². The van der Waals surface area contributed by atoms with Crippen molar-refractivity contribution in [2.45, 2.75) is 51.3 Å². The molecule has 2 N–H and O–H groups in total. The molecule has 8 heteroatoms. The number of ether oxygens (including phenoxy) is 1. The van der Waals surface area contributed by atoms with Crippen LogP contribution in [0.1, 0.15) is 44.2 Å². The second-order valence-electron chi connectivity index (χ2n) is 9.70. The van der Waals surface area contributed by atoms with Crippen LogP contribution < -0.4 is 5.73 Å². The molecule has 6 nitrogen and oxygen atoms in total. The molecule has 0 aliphatic carbocycles. The van der Waals surface area contributed by atoms with Crippen LogP contribution in [0.3, 0.4) is 0 Å². The standard InChI is InChI=1S/C26H33ClFN3O3/c1-26(2,3)34-25(33)24(29)22(19-6-8-20(27)9-7-19)16-23(32)31-14-12-30(13-15-31)17-18-4-10-21(28)11-5-18/h4-11,22,24H,12-17,29H2,1-3H3. The van der Waals surface area contributed by atoms with E-state index in [4.69, 9.17) is 22.1 Å². The van der Waals surface area contributed by atoms with Crippen molar-refractivity contribution in [3.8, 4) is 0 Å². The molecular weight excluding hydrogens is 457 g/mol. The lowest BCUT2D eigenvalue weighted by Crippen LogP contribution is -2.49. The summed E-state index contributed by atoms with van der Waals surface area (Å²) in [5.74, 6) is -1.37. The Morgan fingerprint density at radius 1 is 1.03 bits per heavy atom. The molecule has 34 heavy (non-hydrogen) atoms. The Kier molecular flexibility index (Phi) is 8.68. The molecule has 0 spiro atoms. The topological polar surface area (TPSA) is 75.9 Å². The quantitative estimate of drug-likeness (QED) is 0.596. The van der Waals surface area contributed by atoms with Gasteiger partial charge in [-0.1, -0.05) is 35.9 Å². The van der Waals surface area contributed by atoms with Gasteiger partial charge >= 0.3 is 5.97 Å². The highest BCUT2D eigenvalue weighted by molar-refractivity contribution is 6.30. The third kappa shape index (κ3) is 7.52. The molecule has 2 unspecified atom stereocenters. The number of amides is 1. The summed E-state index contributed by atoms with van der Waals surface area (Å²) in [5, 5.41) is 0.567. The summed E-state index contributed by atoms with van der Waals surface area (Å²) >= 11 is 6.03. The lowest BCUT2D eigenvalue weighted by molar-refractivity contribution is -0.157. The molecule has 1 aliphatic rings. The van der Waals surface area contributed by atoms with Crippen molar-refractivity contribution in [3.63, 3.8) is 0 Å². The number of carbonyl (C=O) groups excluding carboxylic acids is 2. The van der Waals surface area contributed by atoms with E-state index < -0.39 is 23.5 Å². The van der Waals surface area contributed by atoms with Gasteiger partial charge in [0.05, 0.1) is 0 Å². The summed E-state index contributed by atoms with van der Waals surface area (Å²) in [4.78, 5) is 30.0. The van der Waals surface area contributed by atoms with Crippen LogP contribution in [0.4, 0.5) is 4.39 Å². The smallest absolute Gasteiger partial charge is 0.324 e. The summed E-state index contributed by atoms with van der Waals surface area (Å²) in [5.41, 5.74) is 7.45. The molecule has 0 radical (unpaired) electrons. The summed E-state index contributed by atoms with van der Waals surface area (Å²) in [6, 6.07) is 12.5. The number of hydrogen-bond acceptors (Lipinski definition) is 5. The Morgan fingerprint density at radius 2 is 1.62 bits per heavy atom. The predicted octanol–water partition coefficient (Wildman–Crippen LogP) is 3.97. The van der Waals surface area contributed by atoms with Crippen molar-refractivity contribution >= 4 is 23.5 Å². The first-order chi connectivity index (χ1) is 16.0. The molecule has 0 bridgehead atoms. The van der Waals surface area contributed by atoms with E-state index in [1.807, 2.05) is 4.90 Å². The maximum absolute atomic E-state index is 13.2. The molecule has 1 fully saturated rings. The van der Waals surface area contributed by atoms with Crippen LogP contribution >= 0.6 is 11.6 Å². The van der Waals surface area contributed by atoms with Gasteiger partial charge in [-0.3, -0.25) is 14.5 Å². The Balaban J connectivity index is 1.64. The Labute approximate surface area is 205 Å². The first-order valence-electron chi connectivity index (χ1n) is 11.5. The number of halogens is 2. The maximum Gasteiger partial charge on any atom is 0.324 e. The van der Waals surface area contributed by atoms with Crippen LogP contribution in [0.5, 0.6) is 0 Å². The number of nitrogens with zero attached hydrogens (tertiary/aromatic N) is 2. The van der Waals surface area contributed by atoms with Crippen LogP contribution in [-0.4, -0.2) is 59.5 Å². The second kappa shape index (κ2) is 11.3. The first kappa shape index (κ1) is 26.1. The minimum atomic E-state index is -0.982. The minimum Gasteiger partial charge on any atom is -0.459 e. The lowest BCUT2D eigenvalue weighted by Gasteiger charge is -2.36. The summed E-state index contributed by atoms with van der Waals surface area (Å²) in [6.45, 7) is 8.64. The fourth-order valence-electron chi connectivity index (χ4n) is 4.02. The molecule has 1 saturated heterocycles. The Morgan fingerprint density at radius 3 is 2.18 bits per heavy atom. The van der Waals surface area contributed by atoms with E-state index in [9.17, 15) is 14.0 Å². The van der Waals surface area contributed by atoms with Crippen LogP contribution in [0.25, 0.3) is 0 Å². The molecule has 0 aromatic heterocycles. The van der Waals surface area contributed by atoms with Gasteiger partial charge in [0.1, 0.15) is 17.5 Å². The van der Waals surface area contributed by atoms with Gasteiger partial charge in [-0.25, -0.2) is 4.39 Å². The van der Waals surface area contributed by atoms with E-state index in [1.165, 1.54) is 12.1 Å². The van der Waals surface area contributed by atoms with Crippen LogP contribution in [0, 0.1) is 5.82 Å². The van der Waals surface area contributed by atoms with E-state index >= 15 is 0 Å². The first-order valence-corrected chi connectivity index (χ1v) is 11.9. The predicted molar refractivity (Wildman–Crippen MR) is 131 cm³/mol. The summed E-state index contributed by atoms with van der Waals surface area (Å²) in [7, 11) is 0. The largest absolute Gasteiger partial charge is 0.459 e. The third-order valence-corrected chi connectivity index (χ3v) is 6.10. The molecule has 3 rings (SSSR count). The lowest BCUT2D eigenvalue weighted by atomic mass is 9.88. The second-order valence-corrected chi connectivity index (χ2v) is 10.1. The van der Waals surface area contributed by atoms with Gasteiger partial charge in [-0.15, -0.1) is 0 Å². The summed E-state index contributed by atoms with van der Waals surface area (Å²) in [6.07, 6.45) is 0.0972. The number of piperazine rings is 1. The van der Waals surface area contributed by atoms with E-state index in [0.29, 0.717) is 37.7 Å². The van der Waals surface area contributed by atoms with Crippen molar-refractivity contribution < 1.29 is 18.7 Å². The minimum absolute atomic E-state index is 0.0552. The van der Waals surface area contributed by atoms with Crippen molar-refractivity contribution in [2.75, 3.05) is 26.2 Å². The number of esters is 1. The third-order valence-electron chi connectivity index (χ3n) is 5.85. The maximum atomic E-state index is 13.2. The van der Waals surface area contributed by atoms with Gasteiger partial charge in [0, 0.05) is 50.1 Å². The van der Waals surface area contributed by atoms with Crippen LogP contribution in [0.15, 0.2) is 48.5 Å². The molecule has 1 heterocycles. The van der Waals surface area contributed by atoms with Gasteiger partial charge in [0.25, 0.3) is 0 Å². The molecular formula is C26H33ClFN3O3. The van der Waals surface area contributed by atoms with Crippen molar-refractivity contribution in [1.29, 1.82) is 0 Å². The highest BCUT2D eigenvalue weighted by atomic mass is 35.5. The Bertz CT molecular complexity index is 968. The number of hydrogen-bond donors (Lipinski definition) is 1. The molecule has 0 saturated carbocycles. The molecule has 2 aromatic carbocycles. The number of benzene rings is 2. The fourth-order valence-corrected chi connectivity index (χ4v) is 4.14. The van der Waals surface area contributed by atoms with Crippen molar-refractivity contribution in [3.05, 3.63) is 70.5 Å². The van der Waals surface area contributed by atoms with Crippen molar-refractivity contribution in [1.82, 2.24) is 9.80 Å². The van der Waals surface area contributed by atoms with Crippen LogP contribution in [0.2, 0.25) is 5.02 Å². The number of rotatable bonds is 7. The highest BCUT2D eigenvalue weighted by Crippen LogP contribution is 2.27. The SMILES string of the molecule is CC(C)(C)OC(=O)C(N)C(CC(=O)N1CCN(Cc2ccc(F)cc2)CC1)c1ccc(Cl)cc1. The zero-order valence-electron chi connectivity index (χ0n) is 20.0. The van der Waals surface area contributed by atoms with E-state index in [1.54, 1.807) is 57.2 Å². The molecule has 184 valence electrons. The van der Waals surface area contributed by atoms with Gasteiger partial charge in [0.2, 0.25) is 5.91 Å². The molecule has 1 aliphatic heterocycles. The van der Waals surface area contributed by atoms with E-state index in [-0.39, 0.29) is 18.1 Å². The molecule has 2 aromatic rings. The van der Waals surface area contributed by atoms with E-state index in [0.717, 1.165) is 11.1 Å². The van der Waals surface area contributed by atoms with Gasteiger partial charge in [0.15, 0.2) is 0 Å². The average Bonchev–Trinajstić information content (AvgIpc) is 2.78.